The molecule has 0 fully saturated rings. The fraction of sp³-hybridized carbons (Fsp3) is 1.00. The molecule has 7 heteroatoms. The molecule has 0 aliphatic rings. The molecule has 0 atom stereocenters. The second-order valence-electron chi connectivity index (χ2n) is 0. The van der Waals surface area contributed by atoms with E-state index in [0.717, 1.165) is 0 Å². The summed E-state index contributed by atoms with van der Waals surface area (Å²) in [5, 5.41) is 0. The minimum atomic E-state index is 0. The molecule has 0 amide bonds. The topological polar surface area (TPSA) is 61.5 Å². The summed E-state index contributed by atoms with van der Waals surface area (Å²) in [5.74, 6) is 0. The van der Waals surface area contributed by atoms with E-state index in [1.165, 1.54) is 0 Å². The van der Waals surface area contributed by atoms with Crippen LogP contribution >= 0.6 is 24.8 Å². The van der Waals surface area contributed by atoms with Crippen LogP contribution in [0.4, 0.5) is 0 Å². The summed E-state index contributed by atoms with van der Waals surface area (Å²) < 4.78 is 0. The van der Waals surface area contributed by atoms with E-state index < -0.39 is 0 Å². The van der Waals surface area contributed by atoms with Crippen LogP contribution in [0, 0.1) is 0 Å². The van der Waals surface area contributed by atoms with Gasteiger partial charge in [0, 0.05) is 1.43 Å². The molecule has 16 heavy (non-hydrogen) atoms. The van der Waals surface area contributed by atoms with E-state index in [2.05, 4.69) is 0 Å². The Morgan fingerprint density at radius 3 is 0.438 bits per heavy atom. The van der Waals surface area contributed by atoms with Crippen LogP contribution in [0.15, 0.2) is 0 Å². The number of hydrogen-bond donors (Lipinski definition) is 0. The van der Waals surface area contributed by atoms with Crippen LogP contribution in [0.3, 0.4) is 0 Å². The van der Waals surface area contributed by atoms with Gasteiger partial charge in [-0.05, 0) is 0 Å². The van der Waals surface area contributed by atoms with Gasteiger partial charge in [-0.25, -0.2) is 0 Å². The summed E-state index contributed by atoms with van der Waals surface area (Å²) >= 11 is 0. The fourth-order valence-corrected chi connectivity index (χ4v) is 0. The maximum absolute atomic E-state index is 0. The summed E-state index contributed by atoms with van der Waals surface area (Å²) in [7, 11) is 0. The monoisotopic (exact) mass is 335 g/mol. The van der Waals surface area contributed by atoms with Crippen molar-refractivity contribution in [3.8, 4) is 0 Å². The van der Waals surface area contributed by atoms with E-state index in [1.54, 1.807) is 0 Å². The molecule has 3 N–H and O–H groups in total. The third-order valence-electron chi connectivity index (χ3n) is 0. The Kier molecular flexibility index (Phi) is 30800. The summed E-state index contributed by atoms with van der Waals surface area (Å²) in [6.45, 7) is 0. The van der Waals surface area contributed by atoms with Crippen LogP contribution in [0.25, 0.3) is 0 Å². The first-order chi connectivity index (χ1) is 0. The molecule has 2 nitrogen and oxygen atoms in total. The molecule has 0 spiro atoms. The summed E-state index contributed by atoms with van der Waals surface area (Å²) in [4.78, 5) is 0. The van der Waals surface area contributed by atoms with Crippen molar-refractivity contribution in [3.63, 3.8) is 0 Å². The molecule has 0 saturated carbocycles. The van der Waals surface area contributed by atoms with Gasteiger partial charge >= 0.3 is 59.1 Å². The summed E-state index contributed by atoms with van der Waals surface area (Å²) in [5.41, 5.74) is 0. The average molecular weight is 337 g/mol. The normalized spacial score (nSPS) is 0. The molecule has 0 heterocycles. The molecular weight excluding hydrogens is 292 g/mol. The van der Waals surface area contributed by atoms with E-state index in [4.69, 9.17) is 0 Å². The Morgan fingerprint density at radius 1 is 0.438 bits per heavy atom. The van der Waals surface area contributed by atoms with Crippen LogP contribution in [0.1, 0.15) is 68.3 Å². The van der Waals surface area contributed by atoms with E-state index >= 15 is 0 Å². The van der Waals surface area contributed by atoms with Gasteiger partial charge in [-0.3, -0.25) is 0 Å². The molecule has 0 bridgehead atoms. The second-order valence-corrected chi connectivity index (χ2v) is 0. The van der Waals surface area contributed by atoms with Crippen molar-refractivity contribution in [3.05, 3.63) is 0 Å². The van der Waals surface area contributed by atoms with Crippen LogP contribution < -0.4 is 71.5 Å². The zero-order chi connectivity index (χ0) is 0. The van der Waals surface area contributed by atoms with Crippen molar-refractivity contribution in [2.75, 3.05) is 0 Å². The molecule has 0 saturated heterocycles. The van der Waals surface area contributed by atoms with Crippen LogP contribution in [-0.4, -0.2) is 11.0 Å². The van der Waals surface area contributed by atoms with Gasteiger partial charge in [0.2, 0.25) is 0 Å². The van der Waals surface area contributed by atoms with Crippen molar-refractivity contribution in [2.24, 2.45) is 0 Å². The molecule has 0 aliphatic heterocycles. The third-order valence-corrected chi connectivity index (χ3v) is 0. The molecule has 0 rings (SSSR count). The minimum absolute atomic E-state index is 0. The Bertz CT molecular complexity index is 32.2. The predicted octanol–water partition coefficient (Wildman–Crippen LogP) is -3.17. The molecule has 0 aromatic carbocycles. The molecule has 0 aromatic heterocycles. The van der Waals surface area contributed by atoms with E-state index in [9.17, 15) is 0 Å². The molecule has 0 aromatic rings. The third kappa shape index (κ3) is 538. The minimum Gasteiger partial charge on any atom is -1.00 e. The van der Waals surface area contributed by atoms with Gasteiger partial charge in [-0.2, -0.15) is 0 Å². The summed E-state index contributed by atoms with van der Waals surface area (Å²) in [6.07, 6.45) is 0. The number of rotatable bonds is 0. The standard InChI is InChI=1S/9CH4.3ClH.2Na.2H2O.H2/h9*1H4;3*1H;;;2*1H2;1H/q;;;;;;;;;;;;2*+1;;;/p-2/i;;;;;;;;;;;;;;;;1+1. The Morgan fingerprint density at radius 2 is 0.438 bits per heavy atom. The Hall–Kier alpha value is 2.79. The quantitative estimate of drug-likeness (QED) is 0.430. The number of halogens is 3. The van der Waals surface area contributed by atoms with Crippen molar-refractivity contribution >= 4 is 24.8 Å². The zero-order valence-corrected chi connectivity index (χ0v) is 10.5. The average Bonchev–Trinajstić information content (AvgIpc) is 0. The van der Waals surface area contributed by atoms with Gasteiger partial charge in [-0.15, -0.1) is 24.8 Å². The van der Waals surface area contributed by atoms with Crippen LogP contribution in [0.5, 0.6) is 0 Å². The van der Waals surface area contributed by atoms with Crippen LogP contribution in [-0.2, 0) is 0 Å². The van der Waals surface area contributed by atoms with Crippen molar-refractivity contribution in [2.45, 2.75) is 66.8 Å². The van der Waals surface area contributed by atoms with E-state index in [-0.39, 0.29) is 176 Å². The summed E-state index contributed by atoms with van der Waals surface area (Å²) in [6, 6.07) is 0. The number of hydrogen-bond acceptors (Lipinski definition) is 1. The molecular formula is C9H43Cl3Na2O2. The van der Waals surface area contributed by atoms with Crippen molar-refractivity contribution < 1.29 is 83.9 Å². The van der Waals surface area contributed by atoms with Gasteiger partial charge in [0.05, 0.1) is 0 Å². The fourth-order valence-electron chi connectivity index (χ4n) is 0. The van der Waals surface area contributed by atoms with Crippen molar-refractivity contribution in [1.29, 1.82) is 0 Å². The van der Waals surface area contributed by atoms with E-state index in [1.807, 2.05) is 0 Å². The maximum Gasteiger partial charge on any atom is 1.00 e. The smallest absolute Gasteiger partial charge is 1.00 e. The molecule has 114 valence electrons. The van der Waals surface area contributed by atoms with Gasteiger partial charge in [0.25, 0.3) is 0 Å². The van der Waals surface area contributed by atoms with Gasteiger partial charge in [0.1, 0.15) is 0 Å². The molecule has 0 aliphatic carbocycles. The first-order valence-corrected chi connectivity index (χ1v) is 0. The second kappa shape index (κ2) is 644. The predicted molar refractivity (Wildman–Crippen MR) is 82.7 cm³/mol. The van der Waals surface area contributed by atoms with Crippen molar-refractivity contribution in [1.82, 2.24) is 0 Å². The molecule has 0 radical (unpaired) electrons. The maximum atomic E-state index is 0. The van der Waals surface area contributed by atoms with E-state index in [0.29, 0.717) is 0 Å². The van der Waals surface area contributed by atoms with Crippen LogP contribution in [0.2, 0.25) is 0 Å². The zero-order valence-electron chi connectivity index (χ0n) is 4.14. The Labute approximate surface area is 173 Å². The SMILES string of the molecule is C.C.C.C.C.C.C.C.C.Cl.Cl.O.[2HH].[Cl-].[Na+].[Na+].[OH-]. The van der Waals surface area contributed by atoms with Gasteiger partial charge in [0.15, 0.2) is 0 Å². The van der Waals surface area contributed by atoms with Gasteiger partial charge < -0.3 is 23.4 Å². The largest absolute Gasteiger partial charge is 1.00 e. The first-order valence-electron chi connectivity index (χ1n) is 0. The molecule has 0 unspecified atom stereocenters. The first kappa shape index (κ1) is 764. The Balaban J connectivity index is 0. The van der Waals surface area contributed by atoms with Gasteiger partial charge in [-0.1, -0.05) is 66.8 Å².